The van der Waals surface area contributed by atoms with Crippen molar-refractivity contribution < 1.29 is 32.6 Å². The van der Waals surface area contributed by atoms with Crippen molar-refractivity contribution in [3.8, 4) is 11.5 Å². The van der Waals surface area contributed by atoms with Crippen molar-refractivity contribution in [3.05, 3.63) is 60.6 Å². The molecule has 0 fully saturated rings. The Labute approximate surface area is 245 Å². The summed E-state index contributed by atoms with van der Waals surface area (Å²) < 4.78 is 41.2. The van der Waals surface area contributed by atoms with Crippen LogP contribution in [-0.4, -0.2) is 90.8 Å². The smallest absolute Gasteiger partial charge is 0.321 e. The van der Waals surface area contributed by atoms with E-state index in [1.807, 2.05) is 6.92 Å². The van der Waals surface area contributed by atoms with Gasteiger partial charge in [-0.1, -0.05) is 6.92 Å². The first-order valence-electron chi connectivity index (χ1n) is 13.3. The van der Waals surface area contributed by atoms with Crippen LogP contribution in [0.1, 0.15) is 24.2 Å². The molecule has 0 saturated heterocycles. The number of nitrogens with one attached hydrogen (secondary N) is 2. The lowest BCUT2D eigenvalue weighted by molar-refractivity contribution is 0.0371. The number of hydrogen-bond acceptors (Lipinski definition) is 8. The van der Waals surface area contributed by atoms with Gasteiger partial charge in [-0.05, 0) is 49.4 Å². The number of aromatic nitrogens is 2. The molecule has 0 unspecified atom stereocenters. The van der Waals surface area contributed by atoms with Gasteiger partial charge in [0.1, 0.15) is 17.6 Å². The lowest BCUT2D eigenvalue weighted by atomic mass is 9.99. The number of benzene rings is 2. The number of likely N-dealkylation sites (N-methyl/N-ethyl adjacent to an activating group) is 1. The minimum Gasteiger partial charge on any atom is -0.497 e. The molecule has 2 heterocycles. The van der Waals surface area contributed by atoms with E-state index in [2.05, 4.69) is 15.0 Å². The van der Waals surface area contributed by atoms with E-state index >= 15 is 0 Å². The summed E-state index contributed by atoms with van der Waals surface area (Å²) in [5.74, 6) is 0.258. The van der Waals surface area contributed by atoms with Gasteiger partial charge in [0.25, 0.3) is 15.9 Å². The summed E-state index contributed by atoms with van der Waals surface area (Å²) >= 11 is 0. The van der Waals surface area contributed by atoms with Crippen LogP contribution in [0.15, 0.2) is 60.0 Å². The quantitative estimate of drug-likeness (QED) is 0.339. The van der Waals surface area contributed by atoms with Crippen molar-refractivity contribution in [1.29, 1.82) is 0 Å². The number of anilines is 2. The molecule has 14 heteroatoms. The van der Waals surface area contributed by atoms with E-state index in [1.165, 1.54) is 45.1 Å². The van der Waals surface area contributed by atoms with Gasteiger partial charge in [-0.2, -0.15) is 8.42 Å². The molecule has 3 N–H and O–H groups in total. The van der Waals surface area contributed by atoms with Crippen molar-refractivity contribution in [1.82, 2.24) is 19.4 Å². The van der Waals surface area contributed by atoms with Gasteiger partial charge in [-0.3, -0.25) is 9.52 Å². The summed E-state index contributed by atoms with van der Waals surface area (Å²) in [4.78, 5) is 33.6. The summed E-state index contributed by atoms with van der Waals surface area (Å²) in [5, 5.41) is 12.6. The summed E-state index contributed by atoms with van der Waals surface area (Å²) in [6.07, 6.45) is 2.20. The highest BCUT2D eigenvalue weighted by atomic mass is 32.2. The molecule has 1 aromatic heterocycles. The van der Waals surface area contributed by atoms with E-state index < -0.39 is 28.1 Å². The normalized spacial score (nSPS) is 17.8. The Morgan fingerprint density at radius 2 is 1.93 bits per heavy atom. The number of aryl methyl sites for hydroxylation is 1. The molecule has 0 spiro atoms. The highest BCUT2D eigenvalue weighted by Gasteiger charge is 2.34. The van der Waals surface area contributed by atoms with Gasteiger partial charge < -0.3 is 34.3 Å². The van der Waals surface area contributed by atoms with Crippen molar-refractivity contribution in [2.45, 2.75) is 31.0 Å². The van der Waals surface area contributed by atoms with Crippen LogP contribution in [-0.2, 0) is 17.1 Å². The Bertz CT molecular complexity index is 1530. The summed E-state index contributed by atoms with van der Waals surface area (Å²) in [6, 6.07) is 10.5. The third kappa shape index (κ3) is 6.94. The van der Waals surface area contributed by atoms with Gasteiger partial charge in [-0.25, -0.2) is 9.78 Å². The Morgan fingerprint density at radius 3 is 2.55 bits per heavy atom. The number of nitrogens with zero attached hydrogens (tertiary/aromatic N) is 4. The van der Waals surface area contributed by atoms with Gasteiger partial charge in [-0.15, -0.1) is 0 Å². The lowest BCUT2D eigenvalue weighted by Gasteiger charge is -2.38. The van der Waals surface area contributed by atoms with Crippen LogP contribution in [0.2, 0.25) is 0 Å². The number of hydrogen-bond donors (Lipinski definition) is 3. The first-order chi connectivity index (χ1) is 19.9. The Hall–Kier alpha value is -4.30. The fourth-order valence-electron chi connectivity index (χ4n) is 4.49. The number of urea groups is 1. The maximum Gasteiger partial charge on any atom is 0.321 e. The lowest BCUT2D eigenvalue weighted by Crippen LogP contribution is -2.50. The zero-order valence-electron chi connectivity index (χ0n) is 24.1. The van der Waals surface area contributed by atoms with Crippen molar-refractivity contribution in [3.63, 3.8) is 0 Å². The van der Waals surface area contributed by atoms with Crippen LogP contribution in [0.4, 0.5) is 16.2 Å². The second kappa shape index (κ2) is 12.7. The van der Waals surface area contributed by atoms with E-state index in [9.17, 15) is 23.1 Å². The predicted molar refractivity (Wildman–Crippen MR) is 156 cm³/mol. The second-order valence-electron chi connectivity index (χ2n) is 10.4. The first kappa shape index (κ1) is 30.7. The third-order valence-corrected chi connectivity index (χ3v) is 8.28. The number of amides is 3. The number of carbonyl (C=O) groups is 2. The zero-order valence-corrected chi connectivity index (χ0v) is 25.0. The van der Waals surface area contributed by atoms with Crippen LogP contribution in [0.5, 0.6) is 11.5 Å². The molecule has 2 aromatic carbocycles. The molecule has 13 nitrogen and oxygen atoms in total. The predicted octanol–water partition coefficient (Wildman–Crippen LogP) is 2.61. The molecular formula is C28H36N6O7S. The number of aliphatic hydroxyl groups is 1. The molecule has 42 heavy (non-hydrogen) atoms. The molecule has 1 aliphatic rings. The standard InChI is InChI=1S/C28H36N6O7S/c1-18-13-34(19(2)16-35)27(36)23-12-21(31-42(38,39)26-15-32(3)17-29-26)8-11-24(23)41-25(18)14-33(4)28(37)30-20-6-9-22(40-5)10-7-20/h6-12,15,17-19,25,31,35H,13-14,16H2,1-5H3,(H,30,37)/t18-,19+,25+/m0/s1. The Kier molecular flexibility index (Phi) is 9.27. The van der Waals surface area contributed by atoms with Crippen LogP contribution in [0.25, 0.3) is 0 Å². The van der Waals surface area contributed by atoms with Crippen molar-refractivity contribution >= 4 is 33.3 Å². The van der Waals surface area contributed by atoms with E-state index in [0.717, 1.165) is 0 Å². The number of ether oxygens (including phenoxy) is 2. The average Bonchev–Trinajstić information content (AvgIpc) is 3.42. The number of imidazole rings is 1. The molecule has 3 atom stereocenters. The highest BCUT2D eigenvalue weighted by molar-refractivity contribution is 7.92. The topological polar surface area (TPSA) is 155 Å². The molecule has 0 saturated carbocycles. The van der Waals surface area contributed by atoms with Gasteiger partial charge in [0.15, 0.2) is 5.03 Å². The zero-order chi connectivity index (χ0) is 30.6. The van der Waals surface area contributed by atoms with E-state index in [1.54, 1.807) is 52.4 Å². The molecule has 3 aromatic rings. The molecule has 0 bridgehead atoms. The van der Waals surface area contributed by atoms with Crippen LogP contribution < -0.4 is 19.5 Å². The maximum atomic E-state index is 13.7. The average molecular weight is 601 g/mol. The minimum absolute atomic E-state index is 0.124. The molecule has 3 amide bonds. The van der Waals surface area contributed by atoms with Crippen molar-refractivity contribution in [2.24, 2.45) is 13.0 Å². The Balaban J connectivity index is 1.59. The van der Waals surface area contributed by atoms with E-state index in [4.69, 9.17) is 9.47 Å². The van der Waals surface area contributed by atoms with Crippen LogP contribution >= 0.6 is 0 Å². The van der Waals surface area contributed by atoms with Gasteiger partial charge in [0.2, 0.25) is 0 Å². The summed E-state index contributed by atoms with van der Waals surface area (Å²) in [6.45, 7) is 3.79. The minimum atomic E-state index is -4.01. The fraction of sp³-hybridized carbons (Fsp3) is 0.393. The molecule has 0 radical (unpaired) electrons. The SMILES string of the molecule is COc1ccc(NC(=O)N(C)C[C@H]2Oc3ccc(NS(=O)(=O)c4cn(C)cn4)cc3C(=O)N([C@H](C)CO)C[C@@H]2C)cc1. The number of fused-ring (bicyclic) bond motifs is 1. The molecule has 1 aliphatic heterocycles. The Morgan fingerprint density at radius 1 is 1.24 bits per heavy atom. The number of aliphatic hydroxyl groups excluding tert-OH is 1. The molecular weight excluding hydrogens is 564 g/mol. The second-order valence-corrected chi connectivity index (χ2v) is 12.0. The highest BCUT2D eigenvalue weighted by Crippen LogP contribution is 2.31. The van der Waals surface area contributed by atoms with Gasteiger partial charge in [0.05, 0.1) is 38.2 Å². The molecule has 0 aliphatic carbocycles. The summed E-state index contributed by atoms with van der Waals surface area (Å²) in [7, 11) is 0.852. The number of carbonyl (C=O) groups excluding carboxylic acids is 2. The van der Waals surface area contributed by atoms with Crippen LogP contribution in [0.3, 0.4) is 0 Å². The fourth-order valence-corrected chi connectivity index (χ4v) is 5.52. The summed E-state index contributed by atoms with van der Waals surface area (Å²) in [5.41, 5.74) is 0.867. The first-order valence-corrected chi connectivity index (χ1v) is 14.8. The number of sulfonamides is 1. The van der Waals surface area contributed by atoms with Gasteiger partial charge in [0, 0.05) is 44.1 Å². The molecule has 4 rings (SSSR count). The van der Waals surface area contributed by atoms with E-state index in [-0.39, 0.29) is 53.7 Å². The number of methoxy groups -OCH3 is 1. The largest absolute Gasteiger partial charge is 0.497 e. The van der Waals surface area contributed by atoms with E-state index in [0.29, 0.717) is 11.4 Å². The number of rotatable bonds is 9. The van der Waals surface area contributed by atoms with Crippen molar-refractivity contribution in [2.75, 3.05) is 43.9 Å². The van der Waals surface area contributed by atoms with Gasteiger partial charge >= 0.3 is 6.03 Å². The maximum absolute atomic E-state index is 13.7. The monoisotopic (exact) mass is 600 g/mol. The third-order valence-electron chi connectivity index (χ3n) is 7.02. The van der Waals surface area contributed by atoms with Crippen LogP contribution in [0, 0.1) is 5.92 Å². The molecule has 226 valence electrons.